The van der Waals surface area contributed by atoms with Crippen molar-refractivity contribution < 1.29 is 18.7 Å². The predicted molar refractivity (Wildman–Crippen MR) is 130 cm³/mol. The number of amides is 2. The molecular weight excluding hydrogens is 428 g/mol. The Bertz CT molecular complexity index is 1100. The summed E-state index contributed by atoms with van der Waals surface area (Å²) in [5.74, 6) is 1.25. The molecule has 34 heavy (non-hydrogen) atoms. The normalized spacial score (nSPS) is 15.3. The van der Waals surface area contributed by atoms with E-state index >= 15 is 0 Å². The molecule has 3 aromatic rings. The largest absolute Gasteiger partial charge is 0.464 e. The van der Waals surface area contributed by atoms with Crippen LogP contribution in [0.25, 0.3) is 0 Å². The Labute approximate surface area is 201 Å². The van der Waals surface area contributed by atoms with Crippen LogP contribution in [-0.4, -0.2) is 47.4 Å². The smallest absolute Gasteiger partial charge is 0.254 e. The van der Waals surface area contributed by atoms with E-state index in [0.29, 0.717) is 31.8 Å². The zero-order valence-corrected chi connectivity index (χ0v) is 19.9. The standard InChI is InChI=1S/C28H32N2O4/c1-21-9-6-7-13-26(21)28(32)30(18-24-12-8-16-33-24)20-27(31)29(17-23-10-4-3-5-11-23)19-25-15-14-22(2)34-25/h3-7,9-11,13-15,24H,8,12,16-20H2,1-2H3. The van der Waals surface area contributed by atoms with E-state index in [0.717, 1.165) is 35.5 Å². The van der Waals surface area contributed by atoms with E-state index in [1.807, 2.05) is 80.6 Å². The van der Waals surface area contributed by atoms with Crippen LogP contribution in [0.2, 0.25) is 0 Å². The lowest BCUT2D eigenvalue weighted by Crippen LogP contribution is -2.45. The zero-order chi connectivity index (χ0) is 23.9. The van der Waals surface area contributed by atoms with E-state index in [1.54, 1.807) is 9.80 Å². The number of carbonyl (C=O) groups excluding carboxylic acids is 2. The maximum Gasteiger partial charge on any atom is 0.254 e. The molecule has 1 saturated heterocycles. The van der Waals surface area contributed by atoms with Gasteiger partial charge in [-0.05, 0) is 56.0 Å². The summed E-state index contributed by atoms with van der Waals surface area (Å²) in [5, 5.41) is 0. The molecule has 0 spiro atoms. The number of benzene rings is 2. The van der Waals surface area contributed by atoms with Gasteiger partial charge in [0, 0.05) is 25.3 Å². The van der Waals surface area contributed by atoms with E-state index in [4.69, 9.17) is 9.15 Å². The van der Waals surface area contributed by atoms with E-state index in [-0.39, 0.29) is 24.5 Å². The van der Waals surface area contributed by atoms with Crippen molar-refractivity contribution in [2.75, 3.05) is 19.7 Å². The molecule has 0 aliphatic carbocycles. The second kappa shape index (κ2) is 11.2. The molecule has 1 aliphatic rings. The van der Waals surface area contributed by atoms with Gasteiger partial charge in [-0.3, -0.25) is 9.59 Å². The average molecular weight is 461 g/mol. The van der Waals surface area contributed by atoms with Gasteiger partial charge in [0.1, 0.15) is 18.1 Å². The number of ether oxygens (including phenoxy) is 1. The summed E-state index contributed by atoms with van der Waals surface area (Å²) >= 11 is 0. The first-order valence-corrected chi connectivity index (χ1v) is 11.8. The zero-order valence-electron chi connectivity index (χ0n) is 19.9. The van der Waals surface area contributed by atoms with Gasteiger partial charge < -0.3 is 19.0 Å². The summed E-state index contributed by atoms with van der Waals surface area (Å²) < 4.78 is 11.6. The highest BCUT2D eigenvalue weighted by Gasteiger charge is 2.28. The first-order valence-electron chi connectivity index (χ1n) is 11.8. The van der Waals surface area contributed by atoms with Crippen molar-refractivity contribution in [1.82, 2.24) is 9.80 Å². The highest BCUT2D eigenvalue weighted by atomic mass is 16.5. The van der Waals surface area contributed by atoms with Gasteiger partial charge >= 0.3 is 0 Å². The maximum absolute atomic E-state index is 13.6. The van der Waals surface area contributed by atoms with Crippen molar-refractivity contribution in [3.63, 3.8) is 0 Å². The van der Waals surface area contributed by atoms with E-state index in [1.165, 1.54) is 0 Å². The summed E-state index contributed by atoms with van der Waals surface area (Å²) in [6.45, 7) is 5.66. The van der Waals surface area contributed by atoms with Crippen LogP contribution in [-0.2, 0) is 22.6 Å². The number of nitrogens with zero attached hydrogens (tertiary/aromatic N) is 2. The fourth-order valence-electron chi connectivity index (χ4n) is 4.29. The Kier molecular flexibility index (Phi) is 7.80. The lowest BCUT2D eigenvalue weighted by molar-refractivity contribution is -0.133. The average Bonchev–Trinajstić information content (AvgIpc) is 3.50. The highest BCUT2D eigenvalue weighted by molar-refractivity contribution is 5.97. The third-order valence-corrected chi connectivity index (χ3v) is 6.15. The van der Waals surface area contributed by atoms with Crippen molar-refractivity contribution in [2.45, 2.75) is 45.9 Å². The van der Waals surface area contributed by atoms with Crippen molar-refractivity contribution in [1.29, 1.82) is 0 Å². The van der Waals surface area contributed by atoms with Crippen LogP contribution in [0.5, 0.6) is 0 Å². The van der Waals surface area contributed by atoms with Gasteiger partial charge in [0.25, 0.3) is 5.91 Å². The third kappa shape index (κ3) is 6.14. The summed E-state index contributed by atoms with van der Waals surface area (Å²) in [6, 6.07) is 21.2. The maximum atomic E-state index is 13.6. The highest BCUT2D eigenvalue weighted by Crippen LogP contribution is 2.18. The van der Waals surface area contributed by atoms with Gasteiger partial charge in [-0.25, -0.2) is 0 Å². The lowest BCUT2D eigenvalue weighted by atomic mass is 10.1. The Morgan fingerprint density at radius 3 is 2.35 bits per heavy atom. The Hall–Kier alpha value is -3.38. The van der Waals surface area contributed by atoms with E-state index in [2.05, 4.69) is 0 Å². The van der Waals surface area contributed by atoms with Crippen LogP contribution in [0.1, 0.15) is 45.8 Å². The summed E-state index contributed by atoms with van der Waals surface area (Å²) in [7, 11) is 0. The van der Waals surface area contributed by atoms with Crippen molar-refractivity contribution in [2.24, 2.45) is 0 Å². The molecule has 0 N–H and O–H groups in total. The van der Waals surface area contributed by atoms with Gasteiger partial charge in [0.2, 0.25) is 5.91 Å². The van der Waals surface area contributed by atoms with Crippen LogP contribution >= 0.6 is 0 Å². The molecule has 6 heteroatoms. The molecule has 0 saturated carbocycles. The lowest BCUT2D eigenvalue weighted by Gasteiger charge is -2.29. The van der Waals surface area contributed by atoms with Crippen LogP contribution in [0.3, 0.4) is 0 Å². The summed E-state index contributed by atoms with van der Waals surface area (Å²) in [6.07, 6.45) is 1.82. The van der Waals surface area contributed by atoms with Crippen LogP contribution in [0, 0.1) is 13.8 Å². The summed E-state index contributed by atoms with van der Waals surface area (Å²) in [5.41, 5.74) is 2.53. The Morgan fingerprint density at radius 1 is 0.912 bits per heavy atom. The molecule has 178 valence electrons. The second-order valence-corrected chi connectivity index (χ2v) is 8.88. The molecule has 0 bridgehead atoms. The number of rotatable bonds is 9. The molecule has 1 fully saturated rings. The molecule has 6 nitrogen and oxygen atoms in total. The fraction of sp³-hybridized carbons (Fsp3) is 0.357. The quantitative estimate of drug-likeness (QED) is 0.462. The molecule has 1 aliphatic heterocycles. The molecule has 1 aromatic heterocycles. The number of hydrogen-bond acceptors (Lipinski definition) is 4. The molecule has 2 heterocycles. The van der Waals surface area contributed by atoms with Crippen molar-refractivity contribution >= 4 is 11.8 Å². The topological polar surface area (TPSA) is 63.0 Å². The van der Waals surface area contributed by atoms with E-state index in [9.17, 15) is 9.59 Å². The molecule has 0 radical (unpaired) electrons. The van der Waals surface area contributed by atoms with Crippen LogP contribution < -0.4 is 0 Å². The molecule has 2 aromatic carbocycles. The molecule has 2 amide bonds. The first-order chi connectivity index (χ1) is 16.5. The minimum Gasteiger partial charge on any atom is -0.464 e. The molecule has 1 unspecified atom stereocenters. The minimum atomic E-state index is -0.143. The Balaban J connectivity index is 1.56. The van der Waals surface area contributed by atoms with Gasteiger partial charge in [0.05, 0.1) is 12.6 Å². The minimum absolute atomic E-state index is 0.0143. The number of hydrogen-bond donors (Lipinski definition) is 0. The summed E-state index contributed by atoms with van der Waals surface area (Å²) in [4.78, 5) is 30.5. The predicted octanol–water partition coefficient (Wildman–Crippen LogP) is 4.75. The number of aryl methyl sites for hydroxylation is 2. The van der Waals surface area contributed by atoms with Crippen LogP contribution in [0.4, 0.5) is 0 Å². The third-order valence-electron chi connectivity index (χ3n) is 6.15. The SMILES string of the molecule is Cc1ccc(CN(Cc2ccccc2)C(=O)CN(CC2CCCO2)C(=O)c2ccccc2C)o1. The van der Waals surface area contributed by atoms with Crippen molar-refractivity contribution in [3.8, 4) is 0 Å². The molecule has 1 atom stereocenters. The Morgan fingerprint density at radius 2 is 1.68 bits per heavy atom. The molecule has 4 rings (SSSR count). The number of carbonyl (C=O) groups is 2. The van der Waals surface area contributed by atoms with Gasteiger partial charge in [0.15, 0.2) is 0 Å². The monoisotopic (exact) mass is 460 g/mol. The van der Waals surface area contributed by atoms with Crippen molar-refractivity contribution in [3.05, 3.63) is 94.9 Å². The second-order valence-electron chi connectivity index (χ2n) is 8.88. The fourth-order valence-corrected chi connectivity index (χ4v) is 4.29. The van der Waals surface area contributed by atoms with Gasteiger partial charge in [-0.2, -0.15) is 0 Å². The van der Waals surface area contributed by atoms with Crippen LogP contribution in [0.15, 0.2) is 71.1 Å². The van der Waals surface area contributed by atoms with E-state index < -0.39 is 0 Å². The van der Waals surface area contributed by atoms with Gasteiger partial charge in [-0.1, -0.05) is 48.5 Å². The molecular formula is C28H32N2O4. The first kappa shape index (κ1) is 23.8. The van der Waals surface area contributed by atoms with Gasteiger partial charge in [-0.15, -0.1) is 0 Å². The number of furan rings is 1.